The van der Waals surface area contributed by atoms with E-state index in [1.54, 1.807) is 0 Å². The number of hydrogen-bond donors (Lipinski definition) is 2. The molecule has 4 heteroatoms. The van der Waals surface area contributed by atoms with Gasteiger partial charge >= 0.3 is 0 Å². The molecule has 104 valence electrons. The Morgan fingerprint density at radius 3 is 2.26 bits per heavy atom. The Morgan fingerprint density at radius 2 is 1.79 bits per heavy atom. The quantitative estimate of drug-likeness (QED) is 0.878. The van der Waals surface area contributed by atoms with Crippen molar-refractivity contribution in [1.82, 2.24) is 15.2 Å². The number of nitrogen functional groups attached to an aromatic ring is 1. The van der Waals surface area contributed by atoms with Crippen LogP contribution in [0.3, 0.4) is 0 Å². The van der Waals surface area contributed by atoms with Crippen molar-refractivity contribution in [3.63, 3.8) is 0 Å². The summed E-state index contributed by atoms with van der Waals surface area (Å²) in [4.78, 5) is 4.43. The molecule has 4 fully saturated rings. The van der Waals surface area contributed by atoms with Crippen LogP contribution in [0, 0.1) is 29.6 Å². The molecule has 0 amide bonds. The van der Waals surface area contributed by atoms with E-state index in [4.69, 9.17) is 5.73 Å². The predicted octanol–water partition coefficient (Wildman–Crippen LogP) is 2.95. The second-order valence-corrected chi connectivity index (χ2v) is 7.10. The van der Waals surface area contributed by atoms with E-state index in [0.717, 1.165) is 41.8 Å². The second-order valence-electron chi connectivity index (χ2n) is 7.10. The third kappa shape index (κ3) is 1.79. The van der Waals surface area contributed by atoms with Crippen molar-refractivity contribution in [2.24, 2.45) is 29.6 Å². The minimum Gasteiger partial charge on any atom is -0.367 e. The van der Waals surface area contributed by atoms with E-state index in [0.29, 0.717) is 11.9 Å². The summed E-state index contributed by atoms with van der Waals surface area (Å²) in [7, 11) is 0. The fourth-order valence-electron chi connectivity index (χ4n) is 5.73. The Balaban J connectivity index is 1.63. The highest BCUT2D eigenvalue weighted by Gasteiger charge is 2.50. The lowest BCUT2D eigenvalue weighted by atomic mass is 9.49. The Morgan fingerprint density at radius 1 is 1.16 bits per heavy atom. The van der Waals surface area contributed by atoms with E-state index >= 15 is 0 Å². The van der Waals surface area contributed by atoms with Crippen LogP contribution in [0.1, 0.15) is 57.2 Å². The summed E-state index contributed by atoms with van der Waals surface area (Å²) in [6.07, 6.45) is 8.55. The van der Waals surface area contributed by atoms with Crippen LogP contribution in [0.15, 0.2) is 0 Å². The molecule has 0 aliphatic heterocycles. The molecule has 0 radical (unpaired) electrons. The van der Waals surface area contributed by atoms with Crippen molar-refractivity contribution in [3.8, 4) is 0 Å². The fourth-order valence-corrected chi connectivity index (χ4v) is 5.73. The molecule has 0 saturated heterocycles. The minimum atomic E-state index is 0.400. The zero-order chi connectivity index (χ0) is 13.0. The molecule has 4 saturated carbocycles. The maximum Gasteiger partial charge on any atom is 0.239 e. The maximum atomic E-state index is 5.69. The normalized spacial score (nSPS) is 41.6. The first-order valence-electron chi connectivity index (χ1n) is 7.92. The first-order valence-corrected chi connectivity index (χ1v) is 7.92. The summed E-state index contributed by atoms with van der Waals surface area (Å²) >= 11 is 0. The van der Waals surface area contributed by atoms with Gasteiger partial charge in [-0.25, -0.2) is 0 Å². The molecule has 0 spiro atoms. The molecule has 4 bridgehead atoms. The second kappa shape index (κ2) is 4.22. The summed E-state index contributed by atoms with van der Waals surface area (Å²) in [5.74, 6) is 6.76. The fraction of sp³-hybridized carbons (Fsp3) is 0.867. The molecule has 3 N–H and O–H groups in total. The molecular formula is C15H24N4. The van der Waals surface area contributed by atoms with Gasteiger partial charge in [0.2, 0.25) is 5.95 Å². The van der Waals surface area contributed by atoms with E-state index < -0.39 is 0 Å². The van der Waals surface area contributed by atoms with Crippen LogP contribution in [0.25, 0.3) is 0 Å². The van der Waals surface area contributed by atoms with Crippen molar-refractivity contribution < 1.29 is 0 Å². The third-order valence-corrected chi connectivity index (χ3v) is 6.08. The molecule has 1 aromatic heterocycles. The lowest BCUT2D eigenvalue weighted by molar-refractivity contribution is -0.0494. The van der Waals surface area contributed by atoms with Crippen LogP contribution in [-0.4, -0.2) is 15.2 Å². The van der Waals surface area contributed by atoms with Gasteiger partial charge in [0.1, 0.15) is 5.82 Å². The highest BCUT2D eigenvalue weighted by Crippen LogP contribution is 2.59. The number of aromatic amines is 1. The number of nitrogens with one attached hydrogen (secondary N) is 1. The lowest BCUT2D eigenvalue weighted by Gasteiger charge is -2.56. The molecule has 0 aromatic carbocycles. The van der Waals surface area contributed by atoms with Crippen LogP contribution in [0.2, 0.25) is 0 Å². The summed E-state index contributed by atoms with van der Waals surface area (Å²) in [6.45, 7) is 2.29. The smallest absolute Gasteiger partial charge is 0.239 e. The molecule has 1 aromatic rings. The molecule has 19 heavy (non-hydrogen) atoms. The topological polar surface area (TPSA) is 67.6 Å². The van der Waals surface area contributed by atoms with Gasteiger partial charge in [-0.3, -0.25) is 5.10 Å². The molecule has 4 nitrogen and oxygen atoms in total. The Kier molecular flexibility index (Phi) is 2.61. The predicted molar refractivity (Wildman–Crippen MR) is 74.4 cm³/mol. The van der Waals surface area contributed by atoms with E-state index in [2.05, 4.69) is 22.1 Å². The Labute approximate surface area is 114 Å². The number of nitrogens with two attached hydrogens (primary N) is 1. The first-order chi connectivity index (χ1) is 9.24. The van der Waals surface area contributed by atoms with E-state index in [1.165, 1.54) is 32.1 Å². The summed E-state index contributed by atoms with van der Waals surface area (Å²) < 4.78 is 0. The molecular weight excluding hydrogens is 236 g/mol. The van der Waals surface area contributed by atoms with Gasteiger partial charge < -0.3 is 5.73 Å². The van der Waals surface area contributed by atoms with Crippen LogP contribution in [0.5, 0.6) is 0 Å². The van der Waals surface area contributed by atoms with Gasteiger partial charge in [-0.1, -0.05) is 6.92 Å². The van der Waals surface area contributed by atoms with Gasteiger partial charge in [-0.2, -0.15) is 4.98 Å². The molecule has 1 atom stereocenters. The first kappa shape index (κ1) is 11.7. The number of aromatic nitrogens is 3. The highest BCUT2D eigenvalue weighted by molar-refractivity contribution is 5.16. The van der Waals surface area contributed by atoms with Crippen molar-refractivity contribution in [2.45, 2.75) is 51.4 Å². The average molecular weight is 260 g/mol. The van der Waals surface area contributed by atoms with Gasteiger partial charge in [0.05, 0.1) is 0 Å². The monoisotopic (exact) mass is 260 g/mol. The maximum absolute atomic E-state index is 5.69. The zero-order valence-corrected chi connectivity index (χ0v) is 11.7. The van der Waals surface area contributed by atoms with Gasteiger partial charge in [0.25, 0.3) is 0 Å². The van der Waals surface area contributed by atoms with Crippen LogP contribution in [0.4, 0.5) is 5.95 Å². The number of rotatable bonds is 3. The minimum absolute atomic E-state index is 0.400. The van der Waals surface area contributed by atoms with E-state index in [-0.39, 0.29) is 0 Å². The van der Waals surface area contributed by atoms with Crippen molar-refractivity contribution in [3.05, 3.63) is 5.82 Å². The van der Waals surface area contributed by atoms with Crippen LogP contribution >= 0.6 is 0 Å². The largest absolute Gasteiger partial charge is 0.367 e. The number of nitrogens with zero attached hydrogens (tertiary/aromatic N) is 2. The SMILES string of the molecule is CCC(c1nc(N)n[nH]1)C1C2CC3CC(C2)CC1C3. The number of anilines is 1. The molecule has 1 heterocycles. The van der Waals surface area contributed by atoms with Gasteiger partial charge in [-0.15, -0.1) is 5.10 Å². The molecule has 5 rings (SSSR count). The molecule has 4 aliphatic rings. The summed E-state index contributed by atoms with van der Waals surface area (Å²) in [6, 6.07) is 0. The van der Waals surface area contributed by atoms with E-state index in [9.17, 15) is 0 Å². The third-order valence-electron chi connectivity index (χ3n) is 6.08. The van der Waals surface area contributed by atoms with Crippen molar-refractivity contribution >= 4 is 5.95 Å². The summed E-state index contributed by atoms with van der Waals surface area (Å²) in [5.41, 5.74) is 5.69. The summed E-state index contributed by atoms with van der Waals surface area (Å²) in [5, 5.41) is 7.12. The lowest BCUT2D eigenvalue weighted by Crippen LogP contribution is -2.47. The van der Waals surface area contributed by atoms with E-state index in [1.807, 2.05) is 0 Å². The molecule has 4 aliphatic carbocycles. The standard InChI is InChI=1S/C15H24N4/c1-2-12(14-17-15(16)19-18-14)13-10-4-8-3-9(6-10)7-11(13)5-8/h8-13H,2-7H2,1H3,(H3,16,17,18,19). The Bertz CT molecular complexity index is 438. The van der Waals surface area contributed by atoms with Crippen molar-refractivity contribution in [2.75, 3.05) is 5.73 Å². The van der Waals surface area contributed by atoms with Gasteiger partial charge in [0, 0.05) is 5.92 Å². The van der Waals surface area contributed by atoms with Crippen LogP contribution < -0.4 is 5.73 Å². The number of hydrogen-bond acceptors (Lipinski definition) is 3. The number of H-pyrrole nitrogens is 1. The Hall–Kier alpha value is -1.06. The highest BCUT2D eigenvalue weighted by atomic mass is 15.3. The van der Waals surface area contributed by atoms with Crippen molar-refractivity contribution in [1.29, 1.82) is 0 Å². The zero-order valence-electron chi connectivity index (χ0n) is 11.7. The molecule has 1 unspecified atom stereocenters. The van der Waals surface area contributed by atoms with Crippen LogP contribution in [-0.2, 0) is 0 Å². The van der Waals surface area contributed by atoms with Gasteiger partial charge in [-0.05, 0) is 68.1 Å². The van der Waals surface area contributed by atoms with Gasteiger partial charge in [0.15, 0.2) is 0 Å². The average Bonchev–Trinajstić information content (AvgIpc) is 2.79.